The normalized spacial score (nSPS) is 13.3. The van der Waals surface area contributed by atoms with Crippen molar-refractivity contribution in [2.45, 2.75) is 45.6 Å². The van der Waals surface area contributed by atoms with Gasteiger partial charge in [-0.05, 0) is 37.8 Å². The molecule has 0 aromatic heterocycles. The van der Waals surface area contributed by atoms with Crippen LogP contribution in [0.2, 0.25) is 0 Å². The lowest BCUT2D eigenvalue weighted by Gasteiger charge is -2.18. The molecule has 0 spiro atoms. The molecule has 0 aliphatic carbocycles. The first kappa shape index (κ1) is 15.7. The number of aryl methyl sites for hydroxylation is 3. The fourth-order valence-electron chi connectivity index (χ4n) is 2.13. The third-order valence-corrected chi connectivity index (χ3v) is 4.71. The Morgan fingerprint density at radius 2 is 1.63 bits per heavy atom. The Morgan fingerprint density at radius 3 is 2.00 bits per heavy atom. The van der Waals surface area contributed by atoms with Crippen molar-refractivity contribution in [3.8, 4) is 6.07 Å². The van der Waals surface area contributed by atoms with Crippen molar-refractivity contribution in [3.63, 3.8) is 0 Å². The lowest BCUT2D eigenvalue weighted by Crippen LogP contribution is -2.37. The van der Waals surface area contributed by atoms with Gasteiger partial charge in [0.2, 0.25) is 10.0 Å². The highest BCUT2D eigenvalue weighted by Crippen LogP contribution is 2.22. The van der Waals surface area contributed by atoms with Crippen LogP contribution in [0.4, 0.5) is 0 Å². The first-order valence-electron chi connectivity index (χ1n) is 6.19. The van der Waals surface area contributed by atoms with E-state index in [1.54, 1.807) is 13.8 Å². The van der Waals surface area contributed by atoms with E-state index in [0.717, 1.165) is 5.56 Å². The van der Waals surface area contributed by atoms with E-state index >= 15 is 0 Å². The number of hydrogen-bond donors (Lipinski definition) is 1. The van der Waals surface area contributed by atoms with E-state index in [1.165, 1.54) is 0 Å². The van der Waals surface area contributed by atoms with Gasteiger partial charge in [0.25, 0.3) is 0 Å². The fourth-order valence-corrected chi connectivity index (χ4v) is 3.87. The van der Waals surface area contributed by atoms with Crippen LogP contribution in [0.3, 0.4) is 0 Å². The van der Waals surface area contributed by atoms with Crippen molar-refractivity contribution in [3.05, 3.63) is 28.8 Å². The summed E-state index contributed by atoms with van der Waals surface area (Å²) in [4.78, 5) is 0.277. The third kappa shape index (κ3) is 3.55. The van der Waals surface area contributed by atoms with Gasteiger partial charge in [-0.25, -0.2) is 8.42 Å². The Balaban J connectivity index is 3.26. The molecule has 0 fully saturated rings. The first-order chi connectivity index (χ1) is 8.69. The molecule has 0 radical (unpaired) electrons. The van der Waals surface area contributed by atoms with Gasteiger partial charge in [0, 0.05) is 0 Å². The average Bonchev–Trinajstić information content (AvgIpc) is 2.23. The molecule has 19 heavy (non-hydrogen) atoms. The molecule has 104 valence electrons. The van der Waals surface area contributed by atoms with Crippen LogP contribution in [-0.4, -0.2) is 14.5 Å². The summed E-state index contributed by atoms with van der Waals surface area (Å²) in [5.74, 6) is -0.0779. The number of rotatable bonds is 4. The first-order valence-corrected chi connectivity index (χ1v) is 7.67. The van der Waals surface area contributed by atoms with Gasteiger partial charge in [-0.2, -0.15) is 9.98 Å². The zero-order valence-corrected chi connectivity index (χ0v) is 12.8. The van der Waals surface area contributed by atoms with Gasteiger partial charge >= 0.3 is 0 Å². The van der Waals surface area contributed by atoms with Crippen molar-refractivity contribution >= 4 is 10.0 Å². The molecule has 1 aromatic carbocycles. The van der Waals surface area contributed by atoms with Crippen LogP contribution in [0.25, 0.3) is 0 Å². The van der Waals surface area contributed by atoms with E-state index in [2.05, 4.69) is 4.72 Å². The largest absolute Gasteiger partial charge is 0.242 e. The summed E-state index contributed by atoms with van der Waals surface area (Å²) in [6, 6.07) is 4.93. The topological polar surface area (TPSA) is 70.0 Å². The molecule has 0 unspecified atom stereocenters. The Morgan fingerprint density at radius 1 is 1.16 bits per heavy atom. The van der Waals surface area contributed by atoms with E-state index in [4.69, 9.17) is 5.26 Å². The van der Waals surface area contributed by atoms with E-state index in [9.17, 15) is 8.42 Å². The smallest absolute Gasteiger partial charge is 0.207 e. The predicted molar refractivity (Wildman–Crippen MR) is 75.2 cm³/mol. The van der Waals surface area contributed by atoms with Gasteiger partial charge in [0.15, 0.2) is 0 Å². The second-order valence-electron chi connectivity index (χ2n) is 5.20. The zero-order chi connectivity index (χ0) is 14.8. The lowest BCUT2D eigenvalue weighted by molar-refractivity contribution is 0.514. The molecule has 0 heterocycles. The quantitative estimate of drug-likeness (QED) is 0.921. The molecule has 1 N–H and O–H groups in total. The van der Waals surface area contributed by atoms with Crippen LogP contribution in [0.1, 0.15) is 30.5 Å². The Kier molecular flexibility index (Phi) is 4.72. The Bertz CT molecular complexity index is 590. The van der Waals surface area contributed by atoms with E-state index in [1.807, 2.05) is 39.0 Å². The number of hydrogen-bond acceptors (Lipinski definition) is 3. The van der Waals surface area contributed by atoms with Gasteiger partial charge < -0.3 is 0 Å². The molecule has 0 aliphatic heterocycles. The number of nitrogens with zero attached hydrogens (tertiary/aromatic N) is 1. The van der Waals surface area contributed by atoms with E-state index in [-0.39, 0.29) is 10.8 Å². The number of sulfonamides is 1. The molecular formula is C14H20N2O2S. The van der Waals surface area contributed by atoms with Crippen LogP contribution >= 0.6 is 0 Å². The number of nitriles is 1. The molecule has 1 atom stereocenters. The van der Waals surface area contributed by atoms with Crippen LogP contribution < -0.4 is 4.72 Å². The molecule has 0 saturated carbocycles. The van der Waals surface area contributed by atoms with Crippen molar-refractivity contribution < 1.29 is 8.42 Å². The van der Waals surface area contributed by atoms with Gasteiger partial charge in [-0.1, -0.05) is 31.5 Å². The summed E-state index contributed by atoms with van der Waals surface area (Å²) in [5, 5.41) is 9.01. The number of benzene rings is 1. The highest BCUT2D eigenvalue weighted by atomic mass is 32.2. The van der Waals surface area contributed by atoms with Crippen molar-refractivity contribution in [2.75, 3.05) is 0 Å². The van der Waals surface area contributed by atoms with Crippen molar-refractivity contribution in [1.29, 1.82) is 5.26 Å². The Labute approximate surface area is 115 Å². The maximum atomic E-state index is 12.4. The van der Waals surface area contributed by atoms with Crippen LogP contribution in [0.15, 0.2) is 17.0 Å². The SMILES string of the molecule is Cc1cc(C)c(S(=O)(=O)N[C@H](C#N)C(C)C)c(C)c1. The molecule has 1 rings (SSSR count). The predicted octanol–water partition coefficient (Wildman–Crippen LogP) is 2.44. The monoisotopic (exact) mass is 280 g/mol. The second kappa shape index (κ2) is 5.72. The summed E-state index contributed by atoms with van der Waals surface area (Å²) in [7, 11) is -3.67. The summed E-state index contributed by atoms with van der Waals surface area (Å²) in [6.07, 6.45) is 0. The number of nitrogens with one attached hydrogen (secondary N) is 1. The van der Waals surface area contributed by atoms with Gasteiger partial charge in [0.1, 0.15) is 6.04 Å². The standard InChI is InChI=1S/C14H20N2O2S/c1-9(2)13(8-15)16-19(17,18)14-11(4)6-10(3)7-12(14)5/h6-7,9,13,16H,1-5H3/t13-/m1/s1. The molecule has 0 bridgehead atoms. The fraction of sp³-hybridized carbons (Fsp3) is 0.500. The molecule has 0 amide bonds. The van der Waals surface area contributed by atoms with Crippen LogP contribution in [0.5, 0.6) is 0 Å². The molecule has 0 saturated heterocycles. The second-order valence-corrected chi connectivity index (χ2v) is 6.85. The van der Waals surface area contributed by atoms with Crippen LogP contribution in [0, 0.1) is 38.0 Å². The third-order valence-electron chi connectivity index (χ3n) is 2.96. The minimum atomic E-state index is -3.67. The highest BCUT2D eigenvalue weighted by Gasteiger charge is 2.25. The summed E-state index contributed by atoms with van der Waals surface area (Å²) >= 11 is 0. The minimum Gasteiger partial charge on any atom is -0.207 e. The summed E-state index contributed by atoms with van der Waals surface area (Å²) in [5.41, 5.74) is 2.42. The lowest BCUT2D eigenvalue weighted by atomic mass is 10.1. The zero-order valence-electron chi connectivity index (χ0n) is 12.0. The summed E-state index contributed by atoms with van der Waals surface area (Å²) < 4.78 is 27.3. The Hall–Kier alpha value is -1.38. The van der Waals surface area contributed by atoms with Crippen molar-refractivity contribution in [1.82, 2.24) is 4.72 Å². The average molecular weight is 280 g/mol. The van der Waals surface area contributed by atoms with Gasteiger partial charge in [-0.3, -0.25) is 0 Å². The molecule has 4 nitrogen and oxygen atoms in total. The molecule has 5 heteroatoms. The van der Waals surface area contributed by atoms with Crippen LogP contribution in [-0.2, 0) is 10.0 Å². The molecular weight excluding hydrogens is 260 g/mol. The van der Waals surface area contributed by atoms with Crippen molar-refractivity contribution in [2.24, 2.45) is 5.92 Å². The van der Waals surface area contributed by atoms with Gasteiger partial charge in [-0.15, -0.1) is 0 Å². The maximum Gasteiger partial charge on any atom is 0.242 e. The maximum absolute atomic E-state index is 12.4. The highest BCUT2D eigenvalue weighted by molar-refractivity contribution is 7.89. The van der Waals surface area contributed by atoms with E-state index in [0.29, 0.717) is 11.1 Å². The molecule has 1 aromatic rings. The summed E-state index contributed by atoms with van der Waals surface area (Å²) in [6.45, 7) is 9.09. The van der Waals surface area contributed by atoms with E-state index < -0.39 is 16.1 Å². The molecule has 0 aliphatic rings. The minimum absolute atomic E-state index is 0.0779. The van der Waals surface area contributed by atoms with Gasteiger partial charge in [0.05, 0.1) is 11.0 Å².